The maximum absolute atomic E-state index is 13.0. The Morgan fingerprint density at radius 1 is 1.29 bits per heavy atom. The number of anilines is 2. The van der Waals surface area contributed by atoms with Crippen molar-refractivity contribution < 1.29 is 9.53 Å². The van der Waals surface area contributed by atoms with E-state index in [4.69, 9.17) is 4.74 Å². The van der Waals surface area contributed by atoms with Crippen molar-refractivity contribution in [3.8, 4) is 16.9 Å². The van der Waals surface area contributed by atoms with Gasteiger partial charge in [0, 0.05) is 48.2 Å². The molecule has 1 aliphatic heterocycles. The zero-order valence-corrected chi connectivity index (χ0v) is 16.1. The van der Waals surface area contributed by atoms with Crippen LogP contribution in [0.15, 0.2) is 54.9 Å². The molecule has 6 heteroatoms. The number of nitrogens with one attached hydrogen (secondary N) is 2. The molecule has 0 radical (unpaired) electrons. The first-order valence-corrected chi connectivity index (χ1v) is 9.45. The maximum atomic E-state index is 13.0. The first kappa shape index (κ1) is 18.1. The number of carbonyl (C=O) groups excluding carboxylic acids is 1. The Morgan fingerprint density at radius 3 is 2.93 bits per heavy atom. The molecule has 1 atom stereocenters. The van der Waals surface area contributed by atoms with E-state index < -0.39 is 0 Å². The Balaban J connectivity index is 1.53. The molecule has 4 rings (SSSR count). The van der Waals surface area contributed by atoms with Crippen molar-refractivity contribution in [3.05, 3.63) is 60.4 Å². The summed E-state index contributed by atoms with van der Waals surface area (Å²) in [6, 6.07) is 14.0. The molecule has 1 fully saturated rings. The smallest absolute Gasteiger partial charge is 0.230 e. The van der Waals surface area contributed by atoms with Crippen LogP contribution in [0.25, 0.3) is 11.1 Å². The number of nitrogens with zero attached hydrogens (tertiary/aromatic N) is 2. The summed E-state index contributed by atoms with van der Waals surface area (Å²) < 4.78 is 5.29. The van der Waals surface area contributed by atoms with Crippen molar-refractivity contribution in [2.45, 2.75) is 12.8 Å². The van der Waals surface area contributed by atoms with E-state index in [1.165, 1.54) is 0 Å². The predicted molar refractivity (Wildman–Crippen MR) is 111 cm³/mol. The molecule has 144 valence electrons. The van der Waals surface area contributed by atoms with Crippen molar-refractivity contribution in [1.29, 1.82) is 0 Å². The number of aromatic amines is 1. The van der Waals surface area contributed by atoms with E-state index in [1.807, 2.05) is 54.5 Å². The highest BCUT2D eigenvalue weighted by atomic mass is 16.5. The van der Waals surface area contributed by atoms with Crippen LogP contribution in [0, 0.1) is 5.92 Å². The summed E-state index contributed by atoms with van der Waals surface area (Å²) in [5.41, 5.74) is 5.10. The fraction of sp³-hybridized carbons (Fsp3) is 0.273. The van der Waals surface area contributed by atoms with Crippen molar-refractivity contribution >= 4 is 17.3 Å². The quantitative estimate of drug-likeness (QED) is 0.688. The minimum atomic E-state index is -0.00121. The zero-order valence-electron chi connectivity index (χ0n) is 16.1. The lowest BCUT2D eigenvalue weighted by molar-refractivity contribution is -0.120. The molecule has 1 saturated heterocycles. The van der Waals surface area contributed by atoms with Gasteiger partial charge in [0.1, 0.15) is 5.75 Å². The molecule has 1 amide bonds. The van der Waals surface area contributed by atoms with Gasteiger partial charge in [0.25, 0.3) is 0 Å². The third kappa shape index (κ3) is 3.45. The monoisotopic (exact) mass is 376 g/mol. The van der Waals surface area contributed by atoms with Gasteiger partial charge in [-0.1, -0.05) is 18.2 Å². The highest BCUT2D eigenvalue weighted by Gasteiger charge is 2.32. The first-order chi connectivity index (χ1) is 13.7. The number of benzene rings is 2. The molecule has 2 heterocycles. The topological polar surface area (TPSA) is 70.2 Å². The molecular formula is C22H24N4O2. The lowest BCUT2D eigenvalue weighted by atomic mass is 9.98. The van der Waals surface area contributed by atoms with Crippen LogP contribution in [0.2, 0.25) is 0 Å². The van der Waals surface area contributed by atoms with Gasteiger partial charge in [0.15, 0.2) is 0 Å². The Bertz CT molecular complexity index is 968. The molecule has 28 heavy (non-hydrogen) atoms. The molecule has 0 spiro atoms. The number of rotatable bonds is 6. The number of methoxy groups -OCH3 is 1. The van der Waals surface area contributed by atoms with E-state index in [-0.39, 0.29) is 11.8 Å². The van der Waals surface area contributed by atoms with E-state index in [0.29, 0.717) is 0 Å². The Labute approximate surface area is 164 Å². The van der Waals surface area contributed by atoms with Gasteiger partial charge in [-0.05, 0) is 42.7 Å². The molecular weight excluding hydrogens is 352 g/mol. The largest absolute Gasteiger partial charge is 0.497 e. The van der Waals surface area contributed by atoms with Gasteiger partial charge in [0.05, 0.1) is 13.3 Å². The average Bonchev–Trinajstić information content (AvgIpc) is 3.38. The van der Waals surface area contributed by atoms with Gasteiger partial charge >= 0.3 is 0 Å². The Hall–Kier alpha value is -3.28. The fourth-order valence-electron chi connectivity index (χ4n) is 3.83. The minimum Gasteiger partial charge on any atom is -0.497 e. The second-order valence-electron chi connectivity index (χ2n) is 7.00. The van der Waals surface area contributed by atoms with Crippen molar-refractivity contribution in [2.75, 3.05) is 30.9 Å². The van der Waals surface area contributed by atoms with Crippen LogP contribution in [-0.2, 0) is 11.2 Å². The number of H-pyrrole nitrogens is 1. The number of hydrogen-bond acceptors (Lipinski definition) is 4. The minimum absolute atomic E-state index is 0.00121. The second kappa shape index (κ2) is 7.76. The molecule has 1 aromatic heterocycles. The molecule has 3 aromatic rings. The summed E-state index contributed by atoms with van der Waals surface area (Å²) in [5, 5.41) is 10.1. The van der Waals surface area contributed by atoms with Gasteiger partial charge in [-0.2, -0.15) is 5.10 Å². The summed E-state index contributed by atoms with van der Waals surface area (Å²) in [6.07, 6.45) is 5.25. The van der Waals surface area contributed by atoms with Crippen molar-refractivity contribution in [2.24, 2.45) is 5.92 Å². The SMILES string of the molecule is CNc1cc(N2CCC(Cc3cccc(OC)c3)C2=O)ccc1-c1cn[nH]c1. The molecule has 6 nitrogen and oxygen atoms in total. The van der Waals surface area contributed by atoms with Crippen LogP contribution in [0.3, 0.4) is 0 Å². The molecule has 1 aliphatic rings. The van der Waals surface area contributed by atoms with Gasteiger partial charge in [0.2, 0.25) is 5.91 Å². The number of carbonyl (C=O) groups is 1. The van der Waals surface area contributed by atoms with E-state index in [0.717, 1.165) is 53.2 Å². The third-order valence-corrected chi connectivity index (χ3v) is 5.33. The molecule has 0 bridgehead atoms. The van der Waals surface area contributed by atoms with Crippen LogP contribution in [0.4, 0.5) is 11.4 Å². The Kier molecular flexibility index (Phi) is 5.02. The standard InChI is InChI=1S/C22H24N4O2/c1-23-21-12-18(6-7-20(21)17-13-24-25-14-17)26-9-8-16(22(26)27)10-15-4-3-5-19(11-15)28-2/h3-7,11-14,16,23H,8-10H2,1-2H3,(H,24,25). The van der Waals surface area contributed by atoms with E-state index >= 15 is 0 Å². The van der Waals surface area contributed by atoms with Crippen LogP contribution in [0.5, 0.6) is 5.75 Å². The average molecular weight is 376 g/mol. The highest BCUT2D eigenvalue weighted by molar-refractivity contribution is 5.98. The van der Waals surface area contributed by atoms with Gasteiger partial charge < -0.3 is 15.0 Å². The van der Waals surface area contributed by atoms with Crippen LogP contribution >= 0.6 is 0 Å². The van der Waals surface area contributed by atoms with Crippen LogP contribution in [0.1, 0.15) is 12.0 Å². The summed E-state index contributed by atoms with van der Waals surface area (Å²) in [6.45, 7) is 0.738. The molecule has 2 N–H and O–H groups in total. The number of amides is 1. The number of ether oxygens (including phenoxy) is 1. The fourth-order valence-corrected chi connectivity index (χ4v) is 3.83. The lowest BCUT2D eigenvalue weighted by Crippen LogP contribution is -2.27. The highest BCUT2D eigenvalue weighted by Crippen LogP contribution is 2.34. The third-order valence-electron chi connectivity index (χ3n) is 5.33. The second-order valence-corrected chi connectivity index (χ2v) is 7.00. The lowest BCUT2D eigenvalue weighted by Gasteiger charge is -2.19. The maximum Gasteiger partial charge on any atom is 0.230 e. The summed E-state index contributed by atoms with van der Waals surface area (Å²) in [5.74, 6) is 1.01. The van der Waals surface area contributed by atoms with Gasteiger partial charge in [-0.15, -0.1) is 0 Å². The zero-order chi connectivity index (χ0) is 19.5. The van der Waals surface area contributed by atoms with E-state index in [1.54, 1.807) is 13.3 Å². The molecule has 0 saturated carbocycles. The van der Waals surface area contributed by atoms with Gasteiger partial charge in [-0.3, -0.25) is 9.89 Å². The van der Waals surface area contributed by atoms with E-state index in [9.17, 15) is 4.79 Å². The summed E-state index contributed by atoms with van der Waals surface area (Å²) >= 11 is 0. The normalized spacial score (nSPS) is 16.4. The van der Waals surface area contributed by atoms with E-state index in [2.05, 4.69) is 21.6 Å². The molecule has 1 unspecified atom stereocenters. The Morgan fingerprint density at radius 2 is 2.18 bits per heavy atom. The molecule has 2 aromatic carbocycles. The number of aromatic nitrogens is 2. The van der Waals surface area contributed by atoms with Gasteiger partial charge in [-0.25, -0.2) is 0 Å². The number of hydrogen-bond donors (Lipinski definition) is 2. The summed E-state index contributed by atoms with van der Waals surface area (Å²) in [4.78, 5) is 14.9. The van der Waals surface area contributed by atoms with Crippen molar-refractivity contribution in [3.63, 3.8) is 0 Å². The molecule has 0 aliphatic carbocycles. The van der Waals surface area contributed by atoms with Crippen LogP contribution < -0.4 is 15.0 Å². The van der Waals surface area contributed by atoms with Crippen LogP contribution in [-0.4, -0.2) is 36.8 Å². The first-order valence-electron chi connectivity index (χ1n) is 9.45. The predicted octanol–water partition coefficient (Wildman–Crippen LogP) is 3.72. The summed E-state index contributed by atoms with van der Waals surface area (Å²) in [7, 11) is 3.55. The van der Waals surface area contributed by atoms with Crippen molar-refractivity contribution in [1.82, 2.24) is 10.2 Å².